The molecule has 1 amide bonds. The molecule has 144 valence electrons. The number of aryl methyl sites for hydroxylation is 1. The van der Waals surface area contributed by atoms with E-state index < -0.39 is 0 Å². The van der Waals surface area contributed by atoms with Gasteiger partial charge in [0.25, 0.3) is 5.91 Å². The number of likely N-dealkylation sites (tertiary alicyclic amines) is 1. The Balaban J connectivity index is 1.49. The number of rotatable bonds is 4. The van der Waals surface area contributed by atoms with E-state index in [1.807, 2.05) is 49.2 Å². The first-order chi connectivity index (χ1) is 13.5. The summed E-state index contributed by atoms with van der Waals surface area (Å²) in [6.45, 7) is 3.96. The molecule has 0 radical (unpaired) electrons. The molecule has 1 atom stereocenters. The van der Waals surface area contributed by atoms with Crippen LogP contribution in [0.5, 0.6) is 0 Å². The number of likely N-dealkylation sites (N-methyl/N-ethyl adjacent to an activating group) is 1. The van der Waals surface area contributed by atoms with Crippen LogP contribution in [0, 0.1) is 6.92 Å². The van der Waals surface area contributed by atoms with Gasteiger partial charge in [-0.1, -0.05) is 18.2 Å². The molecule has 1 unspecified atom stereocenters. The van der Waals surface area contributed by atoms with Crippen LogP contribution in [0.25, 0.3) is 10.9 Å². The number of hydrogen-bond acceptors (Lipinski definition) is 6. The Morgan fingerprint density at radius 2 is 2.11 bits per heavy atom. The Bertz CT molecular complexity index is 1020. The number of carbonyl (C=O) groups excluding carboxylic acids is 1. The molecule has 0 bridgehead atoms. The smallest absolute Gasteiger partial charge is 0.254 e. The zero-order valence-corrected chi connectivity index (χ0v) is 16.2. The van der Waals surface area contributed by atoms with Gasteiger partial charge in [0.15, 0.2) is 0 Å². The van der Waals surface area contributed by atoms with Crippen molar-refractivity contribution in [3.05, 3.63) is 59.7 Å². The molecule has 7 nitrogen and oxygen atoms in total. The Labute approximate surface area is 164 Å². The van der Waals surface area contributed by atoms with Crippen LogP contribution >= 0.6 is 0 Å². The van der Waals surface area contributed by atoms with Crippen LogP contribution in [0.4, 0.5) is 5.82 Å². The third-order valence-electron chi connectivity index (χ3n) is 5.27. The molecule has 3 aromatic rings. The summed E-state index contributed by atoms with van der Waals surface area (Å²) in [5, 5.41) is 0.906. The average molecular weight is 376 g/mol. The minimum Gasteiger partial charge on any atom is -0.384 e. The van der Waals surface area contributed by atoms with Gasteiger partial charge in [0, 0.05) is 36.4 Å². The van der Waals surface area contributed by atoms with Crippen LogP contribution in [0.3, 0.4) is 0 Å². The first-order valence-electron chi connectivity index (χ1n) is 9.44. The summed E-state index contributed by atoms with van der Waals surface area (Å²) in [5.41, 5.74) is 8.19. The predicted molar refractivity (Wildman–Crippen MR) is 109 cm³/mol. The van der Waals surface area contributed by atoms with Gasteiger partial charge in [-0.15, -0.1) is 0 Å². The minimum atomic E-state index is 0.0674. The van der Waals surface area contributed by atoms with Crippen molar-refractivity contribution in [1.82, 2.24) is 24.8 Å². The molecule has 3 heterocycles. The van der Waals surface area contributed by atoms with Crippen molar-refractivity contribution in [2.24, 2.45) is 0 Å². The lowest BCUT2D eigenvalue weighted by molar-refractivity contribution is 0.0781. The van der Waals surface area contributed by atoms with E-state index in [0.29, 0.717) is 24.7 Å². The summed E-state index contributed by atoms with van der Waals surface area (Å²) in [7, 11) is 2.04. The summed E-state index contributed by atoms with van der Waals surface area (Å²) < 4.78 is 0. The lowest BCUT2D eigenvalue weighted by Crippen LogP contribution is -2.36. The highest BCUT2D eigenvalue weighted by Gasteiger charge is 2.30. The number of benzene rings is 1. The van der Waals surface area contributed by atoms with Crippen LogP contribution < -0.4 is 5.73 Å². The highest BCUT2D eigenvalue weighted by molar-refractivity contribution is 6.06. The number of para-hydroxylation sites is 1. The summed E-state index contributed by atoms with van der Waals surface area (Å²) in [6, 6.07) is 11.6. The fraction of sp³-hybridized carbons (Fsp3) is 0.333. The highest BCUT2D eigenvalue weighted by Crippen LogP contribution is 2.23. The van der Waals surface area contributed by atoms with Crippen LogP contribution in [0.1, 0.15) is 28.3 Å². The normalized spacial score (nSPS) is 16.8. The summed E-state index contributed by atoms with van der Waals surface area (Å²) in [5.74, 6) is 1.24. The Morgan fingerprint density at radius 3 is 2.93 bits per heavy atom. The molecular weight excluding hydrogens is 352 g/mol. The molecule has 7 heteroatoms. The first-order valence-corrected chi connectivity index (χ1v) is 9.44. The van der Waals surface area contributed by atoms with Gasteiger partial charge in [0.05, 0.1) is 17.6 Å². The lowest BCUT2D eigenvalue weighted by atomic mass is 10.1. The summed E-state index contributed by atoms with van der Waals surface area (Å²) >= 11 is 0. The number of pyridine rings is 1. The SMILES string of the molecule is Cc1cc(C(=O)N2CCC(N(C)Cc3nccc(N)n3)C2)c2ccccc2n1. The molecule has 1 saturated heterocycles. The van der Waals surface area contributed by atoms with Crippen LogP contribution in [0.2, 0.25) is 0 Å². The number of aromatic nitrogens is 3. The maximum atomic E-state index is 13.2. The van der Waals surface area contributed by atoms with E-state index in [2.05, 4.69) is 19.9 Å². The number of amides is 1. The fourth-order valence-corrected chi connectivity index (χ4v) is 3.78. The number of nitrogens with two attached hydrogens (primary N) is 1. The van der Waals surface area contributed by atoms with E-state index in [4.69, 9.17) is 5.73 Å². The van der Waals surface area contributed by atoms with E-state index in [-0.39, 0.29) is 11.9 Å². The minimum absolute atomic E-state index is 0.0674. The van der Waals surface area contributed by atoms with E-state index in [1.54, 1.807) is 12.3 Å². The van der Waals surface area contributed by atoms with Crippen molar-refractivity contribution >= 4 is 22.6 Å². The summed E-state index contributed by atoms with van der Waals surface area (Å²) in [4.78, 5) is 30.4. The van der Waals surface area contributed by atoms with Gasteiger partial charge < -0.3 is 10.6 Å². The summed E-state index contributed by atoms with van der Waals surface area (Å²) in [6.07, 6.45) is 2.60. The molecule has 0 saturated carbocycles. The molecule has 1 aliphatic rings. The van der Waals surface area contributed by atoms with E-state index in [9.17, 15) is 4.79 Å². The van der Waals surface area contributed by atoms with Crippen LogP contribution in [-0.4, -0.2) is 56.8 Å². The molecule has 2 aromatic heterocycles. The van der Waals surface area contributed by atoms with Gasteiger partial charge in [-0.05, 0) is 38.6 Å². The van der Waals surface area contributed by atoms with Crippen molar-refractivity contribution in [2.75, 3.05) is 25.9 Å². The third-order valence-corrected chi connectivity index (χ3v) is 5.27. The molecule has 1 fully saturated rings. The quantitative estimate of drug-likeness (QED) is 0.751. The topological polar surface area (TPSA) is 88.2 Å². The first kappa shape index (κ1) is 18.3. The highest BCUT2D eigenvalue weighted by atomic mass is 16.2. The molecule has 28 heavy (non-hydrogen) atoms. The molecule has 1 aliphatic heterocycles. The van der Waals surface area contributed by atoms with E-state index in [1.165, 1.54) is 0 Å². The predicted octanol–water partition coefficient (Wildman–Crippen LogP) is 2.26. The van der Waals surface area contributed by atoms with Crippen molar-refractivity contribution in [3.63, 3.8) is 0 Å². The largest absolute Gasteiger partial charge is 0.384 e. The molecular formula is C21H24N6O. The van der Waals surface area contributed by atoms with Gasteiger partial charge in [-0.3, -0.25) is 14.7 Å². The van der Waals surface area contributed by atoms with Crippen LogP contribution in [-0.2, 0) is 6.54 Å². The second kappa shape index (κ2) is 7.52. The number of fused-ring (bicyclic) bond motifs is 1. The van der Waals surface area contributed by atoms with Gasteiger partial charge in [-0.2, -0.15) is 0 Å². The maximum Gasteiger partial charge on any atom is 0.254 e. The lowest BCUT2D eigenvalue weighted by Gasteiger charge is -2.24. The zero-order chi connectivity index (χ0) is 19.7. The van der Waals surface area contributed by atoms with Crippen molar-refractivity contribution in [3.8, 4) is 0 Å². The Kier molecular flexibility index (Phi) is 4.92. The Morgan fingerprint density at radius 1 is 1.29 bits per heavy atom. The maximum absolute atomic E-state index is 13.2. The van der Waals surface area contributed by atoms with Crippen molar-refractivity contribution in [1.29, 1.82) is 0 Å². The average Bonchev–Trinajstić information content (AvgIpc) is 3.17. The zero-order valence-electron chi connectivity index (χ0n) is 16.2. The third kappa shape index (κ3) is 3.66. The van der Waals surface area contributed by atoms with Gasteiger partial charge in [-0.25, -0.2) is 9.97 Å². The number of nitrogens with zero attached hydrogens (tertiary/aromatic N) is 5. The molecule has 1 aromatic carbocycles. The second-order valence-corrected chi connectivity index (χ2v) is 7.33. The second-order valence-electron chi connectivity index (χ2n) is 7.33. The van der Waals surface area contributed by atoms with Crippen molar-refractivity contribution in [2.45, 2.75) is 25.9 Å². The monoisotopic (exact) mass is 376 g/mol. The van der Waals surface area contributed by atoms with Gasteiger partial charge in [0.2, 0.25) is 0 Å². The molecule has 0 spiro atoms. The van der Waals surface area contributed by atoms with Gasteiger partial charge >= 0.3 is 0 Å². The number of nitrogen functional groups attached to an aromatic ring is 1. The van der Waals surface area contributed by atoms with E-state index in [0.717, 1.165) is 35.1 Å². The van der Waals surface area contributed by atoms with Crippen molar-refractivity contribution < 1.29 is 4.79 Å². The number of hydrogen-bond donors (Lipinski definition) is 1. The van der Waals surface area contributed by atoms with E-state index >= 15 is 0 Å². The number of anilines is 1. The number of carbonyl (C=O) groups is 1. The standard InChI is InChI=1S/C21H24N6O/c1-14-11-17(16-5-3-4-6-18(16)24-14)21(28)27-10-8-15(12-27)26(2)13-20-23-9-7-19(22)25-20/h3-7,9,11,15H,8,10,12-13H2,1-2H3,(H2,22,23,25). The molecule has 2 N–H and O–H groups in total. The Hall–Kier alpha value is -3.06. The fourth-order valence-electron chi connectivity index (χ4n) is 3.78. The molecule has 0 aliphatic carbocycles. The van der Waals surface area contributed by atoms with Crippen LogP contribution in [0.15, 0.2) is 42.6 Å². The van der Waals surface area contributed by atoms with Gasteiger partial charge in [0.1, 0.15) is 11.6 Å². The molecule has 4 rings (SSSR count).